The van der Waals surface area contributed by atoms with Crippen LogP contribution in [0.25, 0.3) is 0 Å². The first-order chi connectivity index (χ1) is 10.2. The summed E-state index contributed by atoms with van der Waals surface area (Å²) < 4.78 is 0.710. The van der Waals surface area contributed by atoms with Crippen LogP contribution in [0.1, 0.15) is 18.3 Å². The maximum atomic E-state index is 11.8. The fraction of sp³-hybridized carbons (Fsp3) is 0.267. The number of halogens is 1. The summed E-state index contributed by atoms with van der Waals surface area (Å²) in [5.74, 6) is 1.30. The number of carbonyl (C=O) groups is 1. The SMILES string of the molecule is CCc1nc(Br)cc(NCC(=O)NCc2ccccc2)n1. The van der Waals surface area contributed by atoms with Gasteiger partial charge in [-0.05, 0) is 21.5 Å². The normalized spacial score (nSPS) is 10.2. The highest BCUT2D eigenvalue weighted by Gasteiger charge is 2.04. The van der Waals surface area contributed by atoms with Gasteiger partial charge in [0.1, 0.15) is 16.2 Å². The molecule has 110 valence electrons. The Morgan fingerprint density at radius 1 is 1.24 bits per heavy atom. The molecule has 2 N–H and O–H groups in total. The van der Waals surface area contributed by atoms with Gasteiger partial charge in [0.05, 0.1) is 6.54 Å². The molecule has 0 saturated carbocycles. The second-order valence-electron chi connectivity index (χ2n) is 4.46. The van der Waals surface area contributed by atoms with Gasteiger partial charge in [-0.3, -0.25) is 4.79 Å². The van der Waals surface area contributed by atoms with Gasteiger partial charge in [0.15, 0.2) is 0 Å². The summed E-state index contributed by atoms with van der Waals surface area (Å²) in [6.07, 6.45) is 0.744. The van der Waals surface area contributed by atoms with E-state index in [0.717, 1.165) is 17.8 Å². The van der Waals surface area contributed by atoms with E-state index in [2.05, 4.69) is 36.5 Å². The van der Waals surface area contributed by atoms with Gasteiger partial charge >= 0.3 is 0 Å². The van der Waals surface area contributed by atoms with Gasteiger partial charge in [0, 0.05) is 19.0 Å². The lowest BCUT2D eigenvalue weighted by atomic mass is 10.2. The average Bonchev–Trinajstić information content (AvgIpc) is 2.51. The van der Waals surface area contributed by atoms with Crippen LogP contribution in [0.5, 0.6) is 0 Å². The highest BCUT2D eigenvalue weighted by Crippen LogP contribution is 2.12. The summed E-state index contributed by atoms with van der Waals surface area (Å²) in [6.45, 7) is 2.69. The van der Waals surface area contributed by atoms with E-state index >= 15 is 0 Å². The number of rotatable bonds is 6. The lowest BCUT2D eigenvalue weighted by Crippen LogP contribution is -2.29. The molecule has 1 heterocycles. The summed E-state index contributed by atoms with van der Waals surface area (Å²) in [7, 11) is 0. The molecule has 21 heavy (non-hydrogen) atoms. The molecule has 0 radical (unpaired) electrons. The van der Waals surface area contributed by atoms with Crippen LogP contribution >= 0.6 is 15.9 Å². The molecular weight excluding hydrogens is 332 g/mol. The van der Waals surface area contributed by atoms with Gasteiger partial charge in [-0.1, -0.05) is 37.3 Å². The molecule has 5 nitrogen and oxygen atoms in total. The Morgan fingerprint density at radius 3 is 2.71 bits per heavy atom. The number of aromatic nitrogens is 2. The van der Waals surface area contributed by atoms with Crippen LogP contribution < -0.4 is 10.6 Å². The van der Waals surface area contributed by atoms with E-state index in [1.54, 1.807) is 6.07 Å². The molecule has 0 unspecified atom stereocenters. The summed E-state index contributed by atoms with van der Waals surface area (Å²) in [5, 5.41) is 5.86. The second-order valence-corrected chi connectivity index (χ2v) is 5.27. The van der Waals surface area contributed by atoms with Crippen molar-refractivity contribution in [3.63, 3.8) is 0 Å². The van der Waals surface area contributed by atoms with E-state index in [0.29, 0.717) is 17.0 Å². The zero-order valence-corrected chi connectivity index (χ0v) is 13.4. The molecule has 0 saturated heterocycles. The molecule has 0 aliphatic heterocycles. The van der Waals surface area contributed by atoms with Crippen LogP contribution in [0.2, 0.25) is 0 Å². The fourth-order valence-corrected chi connectivity index (χ4v) is 2.16. The van der Waals surface area contributed by atoms with Gasteiger partial charge in [-0.15, -0.1) is 0 Å². The molecule has 2 aromatic rings. The van der Waals surface area contributed by atoms with Crippen LogP contribution in [0.15, 0.2) is 41.0 Å². The minimum Gasteiger partial charge on any atom is -0.361 e. The van der Waals surface area contributed by atoms with Gasteiger partial charge in [-0.25, -0.2) is 9.97 Å². The van der Waals surface area contributed by atoms with Gasteiger partial charge < -0.3 is 10.6 Å². The number of hydrogen-bond donors (Lipinski definition) is 2. The maximum Gasteiger partial charge on any atom is 0.239 e. The summed E-state index contributed by atoms with van der Waals surface area (Å²) >= 11 is 3.33. The third kappa shape index (κ3) is 5.15. The topological polar surface area (TPSA) is 66.9 Å². The summed E-state index contributed by atoms with van der Waals surface area (Å²) in [6, 6.07) is 11.6. The molecule has 0 aliphatic rings. The Bertz CT molecular complexity index is 604. The van der Waals surface area contributed by atoms with Crippen LogP contribution in [0.4, 0.5) is 5.82 Å². The van der Waals surface area contributed by atoms with Crippen molar-refractivity contribution < 1.29 is 4.79 Å². The van der Waals surface area contributed by atoms with Gasteiger partial charge in [0.25, 0.3) is 0 Å². The number of nitrogens with one attached hydrogen (secondary N) is 2. The van der Waals surface area contributed by atoms with Crippen LogP contribution in [0.3, 0.4) is 0 Å². The van der Waals surface area contributed by atoms with Crippen LogP contribution in [-0.4, -0.2) is 22.4 Å². The molecule has 0 aliphatic carbocycles. The van der Waals surface area contributed by atoms with Crippen molar-refractivity contribution in [2.75, 3.05) is 11.9 Å². The molecule has 0 fully saturated rings. The molecule has 0 atom stereocenters. The van der Waals surface area contributed by atoms with Crippen molar-refractivity contribution >= 4 is 27.7 Å². The van der Waals surface area contributed by atoms with E-state index < -0.39 is 0 Å². The summed E-state index contributed by atoms with van der Waals surface area (Å²) in [5.41, 5.74) is 1.07. The zero-order chi connectivity index (χ0) is 15.1. The third-order valence-corrected chi connectivity index (χ3v) is 3.23. The second kappa shape index (κ2) is 7.73. The van der Waals surface area contributed by atoms with Crippen molar-refractivity contribution in [1.82, 2.24) is 15.3 Å². The lowest BCUT2D eigenvalue weighted by Gasteiger charge is -2.08. The Kier molecular flexibility index (Phi) is 5.68. The molecule has 0 bridgehead atoms. The summed E-state index contributed by atoms with van der Waals surface area (Å²) in [4.78, 5) is 20.3. The molecule has 1 aromatic heterocycles. The standard InChI is InChI=1S/C15H17BrN4O/c1-2-13-19-12(16)8-14(20-13)17-10-15(21)18-9-11-6-4-3-5-7-11/h3-8H,2,9-10H2,1H3,(H,18,21)(H,17,19,20). The smallest absolute Gasteiger partial charge is 0.239 e. The monoisotopic (exact) mass is 348 g/mol. The number of nitrogens with zero attached hydrogens (tertiary/aromatic N) is 2. The van der Waals surface area contributed by atoms with Crippen molar-refractivity contribution in [2.24, 2.45) is 0 Å². The molecule has 2 rings (SSSR count). The average molecular weight is 349 g/mol. The van der Waals surface area contributed by atoms with E-state index in [-0.39, 0.29) is 12.5 Å². The number of aryl methyl sites for hydroxylation is 1. The van der Waals surface area contributed by atoms with Gasteiger partial charge in [0.2, 0.25) is 5.91 Å². The van der Waals surface area contributed by atoms with E-state index in [9.17, 15) is 4.79 Å². The molecule has 0 spiro atoms. The van der Waals surface area contributed by atoms with Crippen molar-refractivity contribution in [2.45, 2.75) is 19.9 Å². The zero-order valence-electron chi connectivity index (χ0n) is 11.8. The highest BCUT2D eigenvalue weighted by molar-refractivity contribution is 9.10. The highest BCUT2D eigenvalue weighted by atomic mass is 79.9. The van der Waals surface area contributed by atoms with Crippen molar-refractivity contribution in [1.29, 1.82) is 0 Å². The Labute approximate surface area is 132 Å². The van der Waals surface area contributed by atoms with Crippen molar-refractivity contribution in [3.05, 3.63) is 52.4 Å². The minimum absolute atomic E-state index is 0.0772. The number of carbonyl (C=O) groups excluding carboxylic acids is 1. The van der Waals surface area contributed by atoms with E-state index in [1.807, 2.05) is 37.3 Å². The molecule has 1 amide bonds. The fourth-order valence-electron chi connectivity index (χ4n) is 1.74. The minimum atomic E-state index is -0.0772. The number of amides is 1. The van der Waals surface area contributed by atoms with Crippen LogP contribution in [0, 0.1) is 0 Å². The number of benzene rings is 1. The maximum absolute atomic E-state index is 11.8. The Hall–Kier alpha value is -1.95. The molecule has 1 aromatic carbocycles. The Balaban J connectivity index is 1.82. The first kappa shape index (κ1) is 15.4. The predicted molar refractivity (Wildman–Crippen MR) is 85.9 cm³/mol. The molecular formula is C15H17BrN4O. The largest absolute Gasteiger partial charge is 0.361 e. The van der Waals surface area contributed by atoms with E-state index in [1.165, 1.54) is 0 Å². The predicted octanol–water partition coefficient (Wildman–Crippen LogP) is 2.53. The first-order valence-electron chi connectivity index (χ1n) is 6.75. The molecule has 6 heteroatoms. The van der Waals surface area contributed by atoms with Crippen LogP contribution in [-0.2, 0) is 17.8 Å². The lowest BCUT2D eigenvalue weighted by molar-refractivity contribution is -0.119. The van der Waals surface area contributed by atoms with Crippen molar-refractivity contribution in [3.8, 4) is 0 Å². The number of anilines is 1. The quantitative estimate of drug-likeness (QED) is 0.787. The first-order valence-corrected chi connectivity index (χ1v) is 7.54. The third-order valence-electron chi connectivity index (χ3n) is 2.82. The number of hydrogen-bond acceptors (Lipinski definition) is 4. The van der Waals surface area contributed by atoms with E-state index in [4.69, 9.17) is 0 Å². The van der Waals surface area contributed by atoms with Gasteiger partial charge in [-0.2, -0.15) is 0 Å². The Morgan fingerprint density at radius 2 is 2.00 bits per heavy atom.